The summed E-state index contributed by atoms with van der Waals surface area (Å²) >= 11 is 0. The number of aryl methyl sites for hydroxylation is 1. The zero-order valence-electron chi connectivity index (χ0n) is 7.38. The Balaban J connectivity index is 2.18. The van der Waals surface area contributed by atoms with Gasteiger partial charge in [-0.15, -0.1) is 0 Å². The molecule has 1 aliphatic carbocycles. The SMILES string of the molecule is Cc1cc(O)ccc1CC1CC1. The average Bonchev–Trinajstić information content (AvgIpc) is 2.79. The highest BCUT2D eigenvalue weighted by Crippen LogP contribution is 2.33. The van der Waals surface area contributed by atoms with Crippen LogP contribution >= 0.6 is 0 Å². The van der Waals surface area contributed by atoms with Gasteiger partial charge in [0, 0.05) is 0 Å². The summed E-state index contributed by atoms with van der Waals surface area (Å²) in [5.41, 5.74) is 2.62. The molecule has 64 valence electrons. The Morgan fingerprint density at radius 3 is 2.75 bits per heavy atom. The molecule has 0 bridgehead atoms. The van der Waals surface area contributed by atoms with E-state index in [-0.39, 0.29) is 0 Å². The molecular weight excluding hydrogens is 148 g/mol. The lowest BCUT2D eigenvalue weighted by atomic mass is 10.0. The number of aromatic hydroxyl groups is 1. The van der Waals surface area contributed by atoms with Gasteiger partial charge < -0.3 is 5.11 Å². The van der Waals surface area contributed by atoms with Crippen LogP contribution in [0.2, 0.25) is 0 Å². The molecule has 0 aromatic heterocycles. The largest absolute Gasteiger partial charge is 0.508 e. The Kier molecular flexibility index (Phi) is 1.80. The predicted molar refractivity (Wildman–Crippen MR) is 49.3 cm³/mol. The van der Waals surface area contributed by atoms with Crippen LogP contribution in [0.15, 0.2) is 18.2 Å². The third kappa shape index (κ3) is 1.60. The van der Waals surface area contributed by atoms with Crippen LogP contribution in [0.1, 0.15) is 24.0 Å². The molecular formula is C11H14O. The Bertz CT molecular complexity index is 287. The second-order valence-corrected chi connectivity index (χ2v) is 3.76. The number of phenolic OH excluding ortho intramolecular Hbond substituents is 1. The van der Waals surface area contributed by atoms with Crippen LogP contribution in [0, 0.1) is 12.8 Å². The number of benzene rings is 1. The first-order chi connectivity index (χ1) is 5.75. The van der Waals surface area contributed by atoms with Crippen LogP contribution in [0.4, 0.5) is 0 Å². The zero-order valence-corrected chi connectivity index (χ0v) is 7.38. The maximum absolute atomic E-state index is 9.19. The fraction of sp³-hybridized carbons (Fsp3) is 0.455. The molecule has 1 N–H and O–H groups in total. The van der Waals surface area contributed by atoms with Gasteiger partial charge in [0.25, 0.3) is 0 Å². The van der Waals surface area contributed by atoms with E-state index in [1.54, 1.807) is 6.07 Å². The second-order valence-electron chi connectivity index (χ2n) is 3.76. The molecule has 2 rings (SSSR count). The van der Waals surface area contributed by atoms with Gasteiger partial charge in [0.2, 0.25) is 0 Å². The Labute approximate surface area is 73.0 Å². The molecule has 0 unspecified atom stereocenters. The molecule has 0 saturated heterocycles. The summed E-state index contributed by atoms with van der Waals surface area (Å²) in [7, 11) is 0. The molecule has 0 heterocycles. The second kappa shape index (κ2) is 2.81. The van der Waals surface area contributed by atoms with E-state index in [9.17, 15) is 5.11 Å². The first-order valence-corrected chi connectivity index (χ1v) is 4.54. The standard InChI is InChI=1S/C11H14O/c1-8-6-11(12)5-4-10(8)7-9-2-3-9/h4-6,9,12H,2-3,7H2,1H3. The lowest BCUT2D eigenvalue weighted by molar-refractivity contribution is 0.474. The normalized spacial score (nSPS) is 16.4. The number of phenols is 1. The van der Waals surface area contributed by atoms with Gasteiger partial charge in [-0.2, -0.15) is 0 Å². The summed E-state index contributed by atoms with van der Waals surface area (Å²) in [4.78, 5) is 0. The van der Waals surface area contributed by atoms with Crippen molar-refractivity contribution in [2.75, 3.05) is 0 Å². The van der Waals surface area contributed by atoms with Crippen molar-refractivity contribution >= 4 is 0 Å². The summed E-state index contributed by atoms with van der Waals surface area (Å²) in [6.07, 6.45) is 3.98. The van der Waals surface area contributed by atoms with E-state index >= 15 is 0 Å². The number of hydrogen-bond donors (Lipinski definition) is 1. The van der Waals surface area contributed by atoms with Gasteiger partial charge in [-0.3, -0.25) is 0 Å². The van der Waals surface area contributed by atoms with E-state index in [1.807, 2.05) is 12.1 Å². The third-order valence-corrected chi connectivity index (χ3v) is 2.53. The fourth-order valence-electron chi connectivity index (χ4n) is 1.54. The molecule has 1 aromatic carbocycles. The topological polar surface area (TPSA) is 20.2 Å². The molecule has 0 atom stereocenters. The lowest BCUT2D eigenvalue weighted by Gasteiger charge is -2.04. The van der Waals surface area contributed by atoms with E-state index in [4.69, 9.17) is 0 Å². The van der Waals surface area contributed by atoms with Crippen molar-refractivity contribution < 1.29 is 5.11 Å². The van der Waals surface area contributed by atoms with E-state index in [1.165, 1.54) is 30.4 Å². The van der Waals surface area contributed by atoms with Crippen LogP contribution < -0.4 is 0 Å². The zero-order chi connectivity index (χ0) is 8.55. The van der Waals surface area contributed by atoms with Crippen molar-refractivity contribution in [3.63, 3.8) is 0 Å². The summed E-state index contributed by atoms with van der Waals surface area (Å²) in [6, 6.07) is 5.67. The third-order valence-electron chi connectivity index (χ3n) is 2.53. The summed E-state index contributed by atoms with van der Waals surface area (Å²) in [5, 5.41) is 9.19. The van der Waals surface area contributed by atoms with Crippen molar-refractivity contribution in [2.45, 2.75) is 26.2 Å². The molecule has 1 nitrogen and oxygen atoms in total. The van der Waals surface area contributed by atoms with Crippen molar-refractivity contribution in [1.29, 1.82) is 0 Å². The minimum atomic E-state index is 0.382. The molecule has 12 heavy (non-hydrogen) atoms. The molecule has 1 aromatic rings. The van der Waals surface area contributed by atoms with Crippen LogP contribution in [0.25, 0.3) is 0 Å². The maximum Gasteiger partial charge on any atom is 0.115 e. The molecule has 1 heteroatoms. The van der Waals surface area contributed by atoms with E-state index < -0.39 is 0 Å². The predicted octanol–water partition coefficient (Wildman–Crippen LogP) is 2.65. The minimum absolute atomic E-state index is 0.382. The van der Waals surface area contributed by atoms with Crippen LogP contribution in [0.5, 0.6) is 5.75 Å². The molecule has 1 aliphatic rings. The monoisotopic (exact) mass is 162 g/mol. The molecule has 1 saturated carbocycles. The van der Waals surface area contributed by atoms with Gasteiger partial charge in [-0.25, -0.2) is 0 Å². The fourth-order valence-corrected chi connectivity index (χ4v) is 1.54. The van der Waals surface area contributed by atoms with E-state index in [2.05, 4.69) is 6.92 Å². The summed E-state index contributed by atoms with van der Waals surface area (Å²) in [5.74, 6) is 1.31. The van der Waals surface area contributed by atoms with E-state index in [0.29, 0.717) is 5.75 Å². The highest BCUT2D eigenvalue weighted by atomic mass is 16.3. The number of rotatable bonds is 2. The molecule has 0 radical (unpaired) electrons. The molecule has 0 spiro atoms. The van der Waals surface area contributed by atoms with Crippen LogP contribution in [-0.2, 0) is 6.42 Å². The van der Waals surface area contributed by atoms with Crippen molar-refractivity contribution in [2.24, 2.45) is 5.92 Å². The Morgan fingerprint density at radius 1 is 1.42 bits per heavy atom. The minimum Gasteiger partial charge on any atom is -0.508 e. The summed E-state index contributed by atoms with van der Waals surface area (Å²) in [6.45, 7) is 2.07. The van der Waals surface area contributed by atoms with Crippen molar-refractivity contribution in [1.82, 2.24) is 0 Å². The van der Waals surface area contributed by atoms with Crippen molar-refractivity contribution in [3.05, 3.63) is 29.3 Å². The highest BCUT2D eigenvalue weighted by Gasteiger charge is 2.21. The quantitative estimate of drug-likeness (QED) is 0.708. The van der Waals surface area contributed by atoms with Gasteiger partial charge in [0.1, 0.15) is 5.75 Å². The first-order valence-electron chi connectivity index (χ1n) is 4.54. The number of hydrogen-bond acceptors (Lipinski definition) is 1. The van der Waals surface area contributed by atoms with Crippen LogP contribution in [-0.4, -0.2) is 5.11 Å². The van der Waals surface area contributed by atoms with Gasteiger partial charge in [0.15, 0.2) is 0 Å². The molecule has 0 amide bonds. The first kappa shape index (κ1) is 7.66. The van der Waals surface area contributed by atoms with E-state index in [0.717, 1.165) is 5.92 Å². The smallest absolute Gasteiger partial charge is 0.115 e. The molecule has 0 aliphatic heterocycles. The van der Waals surface area contributed by atoms with Crippen LogP contribution in [0.3, 0.4) is 0 Å². The Morgan fingerprint density at radius 2 is 2.17 bits per heavy atom. The average molecular weight is 162 g/mol. The molecule has 1 fully saturated rings. The Hall–Kier alpha value is -0.980. The lowest BCUT2D eigenvalue weighted by Crippen LogP contribution is -1.90. The van der Waals surface area contributed by atoms with Gasteiger partial charge >= 0.3 is 0 Å². The van der Waals surface area contributed by atoms with Gasteiger partial charge in [-0.05, 0) is 55.4 Å². The van der Waals surface area contributed by atoms with Gasteiger partial charge in [-0.1, -0.05) is 6.07 Å². The van der Waals surface area contributed by atoms with Gasteiger partial charge in [0.05, 0.1) is 0 Å². The summed E-state index contributed by atoms with van der Waals surface area (Å²) < 4.78 is 0. The maximum atomic E-state index is 9.19. The highest BCUT2D eigenvalue weighted by molar-refractivity contribution is 5.34. The van der Waals surface area contributed by atoms with Crippen molar-refractivity contribution in [3.8, 4) is 5.75 Å².